The van der Waals surface area contributed by atoms with E-state index in [9.17, 15) is 13.2 Å². The van der Waals surface area contributed by atoms with Gasteiger partial charge in [-0.15, -0.1) is 4.94 Å². The van der Waals surface area contributed by atoms with E-state index >= 15 is 0 Å². The lowest BCUT2D eigenvalue weighted by Crippen LogP contribution is -2.30. The smallest absolute Gasteiger partial charge is 0.267 e. The minimum Gasteiger partial charge on any atom is -0.494 e. The van der Waals surface area contributed by atoms with Gasteiger partial charge in [-0.25, -0.2) is 18.4 Å². The summed E-state index contributed by atoms with van der Waals surface area (Å²) in [5.41, 5.74) is 6.20. The summed E-state index contributed by atoms with van der Waals surface area (Å²) < 4.78 is 31.3. The lowest BCUT2D eigenvalue weighted by Gasteiger charge is -2.11. The molecule has 0 saturated carbocycles. The zero-order valence-corrected chi connectivity index (χ0v) is 22.0. The van der Waals surface area contributed by atoms with Gasteiger partial charge in [-0.3, -0.25) is 14.9 Å². The normalized spacial score (nSPS) is 11.3. The SMILES string of the molecule is CS(=O)(=O)Nc1cc2nc(-c3ccc(-c4ccc(OCCCCO)cc4)cc3)cc(C(=O)NNCl)c2cn1. The number of nitrogens with zero attached hydrogens (tertiary/aromatic N) is 2. The first-order valence-corrected chi connectivity index (χ1v) is 13.9. The zero-order valence-electron chi connectivity index (χ0n) is 20.4. The molecule has 4 rings (SSSR count). The van der Waals surface area contributed by atoms with Crippen LogP contribution in [0.25, 0.3) is 33.3 Å². The first-order valence-electron chi connectivity index (χ1n) is 11.7. The van der Waals surface area contributed by atoms with E-state index in [0.717, 1.165) is 35.1 Å². The van der Waals surface area contributed by atoms with Gasteiger partial charge in [0.2, 0.25) is 10.0 Å². The van der Waals surface area contributed by atoms with Crippen molar-refractivity contribution in [1.29, 1.82) is 0 Å². The number of aliphatic hydroxyl groups excluding tert-OH is 1. The van der Waals surface area contributed by atoms with Crippen molar-refractivity contribution in [2.24, 2.45) is 0 Å². The zero-order chi connectivity index (χ0) is 27.1. The molecule has 0 aliphatic heterocycles. The van der Waals surface area contributed by atoms with E-state index in [1.54, 1.807) is 6.07 Å². The Kier molecular flexibility index (Phi) is 8.74. The number of amides is 1. The Labute approximate surface area is 225 Å². The lowest BCUT2D eigenvalue weighted by atomic mass is 10.0. The Morgan fingerprint density at radius 1 is 1.00 bits per heavy atom. The van der Waals surface area contributed by atoms with Crippen LogP contribution in [-0.2, 0) is 10.0 Å². The molecule has 2 aromatic carbocycles. The van der Waals surface area contributed by atoms with Gasteiger partial charge in [0.05, 0.1) is 29.6 Å². The number of aromatic nitrogens is 2. The van der Waals surface area contributed by atoms with Crippen LogP contribution in [0.4, 0.5) is 5.82 Å². The van der Waals surface area contributed by atoms with Crippen molar-refractivity contribution >= 4 is 44.4 Å². The second kappa shape index (κ2) is 12.2. The molecule has 0 aliphatic carbocycles. The van der Waals surface area contributed by atoms with Gasteiger partial charge >= 0.3 is 0 Å². The number of sulfonamides is 1. The van der Waals surface area contributed by atoms with Gasteiger partial charge in [-0.2, -0.15) is 0 Å². The lowest BCUT2D eigenvalue weighted by molar-refractivity contribution is 0.0947. The van der Waals surface area contributed by atoms with Crippen LogP contribution in [0.5, 0.6) is 5.75 Å². The third kappa shape index (κ3) is 6.95. The first-order chi connectivity index (χ1) is 18.3. The molecular weight excluding hydrogens is 530 g/mol. The fourth-order valence-electron chi connectivity index (χ4n) is 3.79. The average Bonchev–Trinajstić information content (AvgIpc) is 2.90. The molecule has 0 aliphatic rings. The highest BCUT2D eigenvalue weighted by molar-refractivity contribution is 7.92. The van der Waals surface area contributed by atoms with Crippen LogP contribution >= 0.6 is 11.8 Å². The fraction of sp³-hybridized carbons (Fsp3) is 0.192. The maximum absolute atomic E-state index is 12.7. The summed E-state index contributed by atoms with van der Waals surface area (Å²) in [5.74, 6) is 0.345. The van der Waals surface area contributed by atoms with Crippen molar-refractivity contribution < 1.29 is 23.1 Å². The first kappa shape index (κ1) is 27.3. The van der Waals surface area contributed by atoms with Crippen LogP contribution in [0, 0.1) is 0 Å². The third-order valence-electron chi connectivity index (χ3n) is 5.58. The highest BCUT2D eigenvalue weighted by Gasteiger charge is 2.16. The van der Waals surface area contributed by atoms with E-state index in [1.807, 2.05) is 48.5 Å². The number of ether oxygens (including phenoxy) is 1. The van der Waals surface area contributed by atoms with Gasteiger partial charge in [-0.05, 0) is 53.9 Å². The molecule has 4 aromatic rings. The van der Waals surface area contributed by atoms with E-state index in [0.29, 0.717) is 29.6 Å². The topological polar surface area (TPSA) is 143 Å². The van der Waals surface area contributed by atoms with Crippen molar-refractivity contribution in [3.63, 3.8) is 0 Å². The summed E-state index contributed by atoms with van der Waals surface area (Å²) in [6.07, 6.45) is 3.91. The van der Waals surface area contributed by atoms with Crippen molar-refractivity contribution in [1.82, 2.24) is 20.3 Å². The van der Waals surface area contributed by atoms with Crippen molar-refractivity contribution in [3.05, 3.63) is 72.4 Å². The molecule has 0 fully saturated rings. The molecular formula is C26H26ClN5O5S. The van der Waals surface area contributed by atoms with Crippen molar-refractivity contribution in [3.8, 4) is 28.1 Å². The van der Waals surface area contributed by atoms with Crippen molar-refractivity contribution in [2.75, 3.05) is 24.2 Å². The number of carbonyl (C=O) groups is 1. The molecule has 0 radical (unpaired) electrons. The predicted octanol–water partition coefficient (Wildman–Crippen LogP) is 3.87. The number of rotatable bonds is 11. The third-order valence-corrected chi connectivity index (χ3v) is 6.25. The van der Waals surface area contributed by atoms with E-state index < -0.39 is 15.9 Å². The Bertz CT molecular complexity index is 1530. The van der Waals surface area contributed by atoms with Crippen LogP contribution in [0.2, 0.25) is 0 Å². The number of hydrazine groups is 1. The molecule has 2 heterocycles. The molecule has 4 N–H and O–H groups in total. The van der Waals surface area contributed by atoms with Gasteiger partial charge in [0.15, 0.2) is 0 Å². The summed E-state index contributed by atoms with van der Waals surface area (Å²) in [7, 11) is -3.55. The predicted molar refractivity (Wildman–Crippen MR) is 147 cm³/mol. The Hall–Kier alpha value is -3.77. The molecule has 12 heteroatoms. The molecule has 0 atom stereocenters. The van der Waals surface area contributed by atoms with Crippen LogP contribution < -0.4 is 19.8 Å². The average molecular weight is 556 g/mol. The summed E-state index contributed by atoms with van der Waals surface area (Å²) in [6.45, 7) is 0.709. The summed E-state index contributed by atoms with van der Waals surface area (Å²) in [5, 5.41) is 9.29. The van der Waals surface area contributed by atoms with E-state index in [4.69, 9.17) is 21.6 Å². The largest absolute Gasteiger partial charge is 0.494 e. The summed E-state index contributed by atoms with van der Waals surface area (Å²) in [6, 6.07) is 18.5. The number of hydrogen-bond donors (Lipinski definition) is 4. The molecule has 10 nitrogen and oxygen atoms in total. The number of carbonyl (C=O) groups excluding carboxylic acids is 1. The number of fused-ring (bicyclic) bond motifs is 1. The summed E-state index contributed by atoms with van der Waals surface area (Å²) >= 11 is 5.47. The van der Waals surface area contributed by atoms with E-state index in [-0.39, 0.29) is 18.0 Å². The second-order valence-electron chi connectivity index (χ2n) is 8.45. The van der Waals surface area contributed by atoms with Crippen LogP contribution in [0.3, 0.4) is 0 Å². The molecule has 0 unspecified atom stereocenters. The Morgan fingerprint density at radius 2 is 1.66 bits per heavy atom. The highest BCUT2D eigenvalue weighted by atomic mass is 35.5. The Balaban J connectivity index is 1.63. The van der Waals surface area contributed by atoms with Crippen LogP contribution in [0.1, 0.15) is 23.2 Å². The number of unbranched alkanes of at least 4 members (excludes halogenated alkanes) is 1. The number of hydrogen-bond acceptors (Lipinski definition) is 8. The number of halogens is 1. The number of benzene rings is 2. The van der Waals surface area contributed by atoms with Gasteiger partial charge in [0.1, 0.15) is 11.6 Å². The molecule has 1 amide bonds. The van der Waals surface area contributed by atoms with Gasteiger partial charge < -0.3 is 9.84 Å². The van der Waals surface area contributed by atoms with E-state index in [2.05, 4.69) is 25.1 Å². The number of anilines is 1. The molecule has 0 spiro atoms. The standard InChI is InChI=1S/C26H26ClN5O5S/c1-38(35,36)31-25-15-24-22(16-28-25)21(26(34)30-32-27)14-23(29-24)19-6-4-17(5-7-19)18-8-10-20(11-9-18)37-13-3-2-12-33/h4-11,14-16,32-33H,2-3,12-13H2,1H3,(H,28,31)(H,30,34). The fourth-order valence-corrected chi connectivity index (χ4v) is 4.37. The highest BCUT2D eigenvalue weighted by Crippen LogP contribution is 2.29. The molecule has 0 bridgehead atoms. The molecule has 38 heavy (non-hydrogen) atoms. The quantitative estimate of drug-likeness (QED) is 0.124. The number of pyridine rings is 2. The number of nitrogens with one attached hydrogen (secondary N) is 3. The van der Waals surface area contributed by atoms with Gasteiger partial charge in [0.25, 0.3) is 5.91 Å². The molecule has 0 saturated heterocycles. The summed E-state index contributed by atoms with van der Waals surface area (Å²) in [4.78, 5) is 23.5. The van der Waals surface area contributed by atoms with Crippen LogP contribution in [-0.4, -0.2) is 48.9 Å². The molecule has 198 valence electrons. The minimum absolute atomic E-state index is 0.0858. The van der Waals surface area contributed by atoms with E-state index in [1.165, 1.54) is 12.3 Å². The minimum atomic E-state index is -3.55. The monoisotopic (exact) mass is 555 g/mol. The number of aliphatic hydroxyl groups is 1. The Morgan fingerprint density at radius 3 is 2.29 bits per heavy atom. The van der Waals surface area contributed by atoms with Gasteiger partial charge in [0, 0.05) is 29.8 Å². The van der Waals surface area contributed by atoms with Crippen LogP contribution in [0.15, 0.2) is 66.9 Å². The molecule has 2 aromatic heterocycles. The maximum Gasteiger partial charge on any atom is 0.267 e. The van der Waals surface area contributed by atoms with Crippen molar-refractivity contribution in [2.45, 2.75) is 12.8 Å². The van der Waals surface area contributed by atoms with Gasteiger partial charge in [-0.1, -0.05) is 36.4 Å². The second-order valence-corrected chi connectivity index (χ2v) is 10.4. The maximum atomic E-state index is 12.7.